The number of nitrogens with zero attached hydrogens (tertiary/aromatic N) is 3. The van der Waals surface area contributed by atoms with Gasteiger partial charge in [0.2, 0.25) is 5.91 Å². The fourth-order valence-corrected chi connectivity index (χ4v) is 4.05. The second-order valence-corrected chi connectivity index (χ2v) is 8.38. The van der Waals surface area contributed by atoms with Gasteiger partial charge >= 0.3 is 6.18 Å². The lowest BCUT2D eigenvalue weighted by molar-refractivity contribution is -0.137. The van der Waals surface area contributed by atoms with Gasteiger partial charge in [0.1, 0.15) is 11.8 Å². The fraction of sp³-hybridized carbons (Fsp3) is 0.304. The molecular formula is C23H24F3N5O4S. The van der Waals surface area contributed by atoms with Crippen LogP contribution in [-0.2, 0) is 17.5 Å². The van der Waals surface area contributed by atoms with E-state index in [9.17, 15) is 27.9 Å². The molecule has 3 rings (SSSR count). The number of alkyl halides is 3. The fourth-order valence-electron chi connectivity index (χ4n) is 3.24. The molecule has 1 heterocycles. The van der Waals surface area contributed by atoms with Gasteiger partial charge in [-0.2, -0.15) is 13.2 Å². The Morgan fingerprint density at radius 1 is 1.17 bits per heavy atom. The summed E-state index contributed by atoms with van der Waals surface area (Å²) >= 11 is 1.02. The van der Waals surface area contributed by atoms with Crippen LogP contribution in [0.1, 0.15) is 34.7 Å². The maximum Gasteiger partial charge on any atom is 0.416 e. The monoisotopic (exact) mass is 523 g/mol. The van der Waals surface area contributed by atoms with Crippen LogP contribution in [0.3, 0.4) is 0 Å². The summed E-state index contributed by atoms with van der Waals surface area (Å²) in [5.41, 5.74) is -0.484. The second kappa shape index (κ2) is 11.9. The number of methoxy groups -OCH3 is 1. The molecule has 36 heavy (non-hydrogen) atoms. The van der Waals surface area contributed by atoms with E-state index in [4.69, 9.17) is 4.74 Å². The van der Waals surface area contributed by atoms with E-state index in [-0.39, 0.29) is 11.4 Å². The lowest BCUT2D eigenvalue weighted by Gasteiger charge is -2.17. The van der Waals surface area contributed by atoms with Gasteiger partial charge in [-0.3, -0.25) is 9.59 Å². The Morgan fingerprint density at radius 3 is 2.50 bits per heavy atom. The average Bonchev–Trinajstić information content (AvgIpc) is 3.28. The number of halogens is 3. The Balaban J connectivity index is 1.65. The molecule has 0 saturated carbocycles. The molecule has 0 spiro atoms. The predicted molar refractivity (Wildman–Crippen MR) is 127 cm³/mol. The third-order valence-electron chi connectivity index (χ3n) is 5.02. The molecule has 0 saturated heterocycles. The standard InChI is InChI=1S/C23H24F3N5O4S/c1-3-31-20(18(12-32)28-21(34)14-7-9-17(35-2)10-8-14)29-30-22(31)36-13-19(33)27-16-6-4-5-15(11-16)23(24,25)26/h4-11,18,32H,3,12-13H2,1-2H3,(H,27,33)(H,28,34)/t18-/m1/s1. The van der Waals surface area contributed by atoms with Crippen LogP contribution in [0.4, 0.5) is 18.9 Å². The van der Waals surface area contributed by atoms with E-state index in [2.05, 4.69) is 20.8 Å². The van der Waals surface area contributed by atoms with Crippen molar-refractivity contribution in [1.29, 1.82) is 0 Å². The molecule has 1 aromatic heterocycles. The number of carbonyl (C=O) groups excluding carboxylic acids is 2. The molecule has 0 unspecified atom stereocenters. The second-order valence-electron chi connectivity index (χ2n) is 7.44. The van der Waals surface area contributed by atoms with Gasteiger partial charge in [-0.15, -0.1) is 10.2 Å². The van der Waals surface area contributed by atoms with Gasteiger partial charge in [-0.25, -0.2) is 0 Å². The Labute approximate surface area is 209 Å². The van der Waals surface area contributed by atoms with Gasteiger partial charge in [0.05, 0.1) is 25.0 Å². The van der Waals surface area contributed by atoms with E-state index >= 15 is 0 Å². The maximum atomic E-state index is 12.9. The maximum absolute atomic E-state index is 12.9. The van der Waals surface area contributed by atoms with Crippen LogP contribution in [0.2, 0.25) is 0 Å². The van der Waals surface area contributed by atoms with Crippen molar-refractivity contribution < 1.29 is 32.6 Å². The zero-order valence-electron chi connectivity index (χ0n) is 19.4. The molecule has 13 heteroatoms. The number of ether oxygens (including phenoxy) is 1. The van der Waals surface area contributed by atoms with Crippen LogP contribution in [0.25, 0.3) is 0 Å². The molecule has 2 amide bonds. The largest absolute Gasteiger partial charge is 0.497 e. The first kappa shape index (κ1) is 27.0. The van der Waals surface area contributed by atoms with E-state index < -0.39 is 36.2 Å². The summed E-state index contributed by atoms with van der Waals surface area (Å²) in [6.07, 6.45) is -4.52. The Hall–Kier alpha value is -3.58. The summed E-state index contributed by atoms with van der Waals surface area (Å²) in [4.78, 5) is 24.9. The molecule has 3 aromatic rings. The van der Waals surface area contributed by atoms with Gasteiger partial charge in [0, 0.05) is 17.8 Å². The van der Waals surface area contributed by atoms with Gasteiger partial charge in [-0.1, -0.05) is 17.8 Å². The van der Waals surface area contributed by atoms with Crippen molar-refractivity contribution in [2.45, 2.75) is 30.8 Å². The summed E-state index contributed by atoms with van der Waals surface area (Å²) in [5.74, 6) is -0.219. The minimum absolute atomic E-state index is 0.0228. The minimum atomic E-state index is -4.52. The quantitative estimate of drug-likeness (QED) is 0.348. The summed E-state index contributed by atoms with van der Waals surface area (Å²) < 4.78 is 45.3. The van der Waals surface area contributed by atoms with E-state index in [1.165, 1.54) is 19.2 Å². The first-order valence-electron chi connectivity index (χ1n) is 10.7. The number of aromatic nitrogens is 3. The highest BCUT2D eigenvalue weighted by atomic mass is 32.2. The van der Waals surface area contributed by atoms with E-state index in [1.54, 1.807) is 35.8 Å². The Kier molecular flexibility index (Phi) is 8.93. The van der Waals surface area contributed by atoms with Crippen molar-refractivity contribution in [3.05, 3.63) is 65.5 Å². The van der Waals surface area contributed by atoms with Gasteiger partial charge in [-0.05, 0) is 49.4 Å². The highest BCUT2D eigenvalue weighted by molar-refractivity contribution is 7.99. The van der Waals surface area contributed by atoms with Gasteiger partial charge in [0.15, 0.2) is 11.0 Å². The van der Waals surface area contributed by atoms with Crippen LogP contribution < -0.4 is 15.4 Å². The van der Waals surface area contributed by atoms with E-state index in [1.807, 2.05) is 0 Å². The average molecular weight is 524 g/mol. The number of nitrogens with one attached hydrogen (secondary N) is 2. The first-order chi connectivity index (χ1) is 17.2. The number of hydrogen-bond acceptors (Lipinski definition) is 7. The number of amides is 2. The molecule has 3 N–H and O–H groups in total. The number of aliphatic hydroxyl groups is 1. The summed E-state index contributed by atoms with van der Waals surface area (Å²) in [5, 5.41) is 23.5. The molecule has 1 atom stereocenters. The lowest BCUT2D eigenvalue weighted by atomic mass is 10.2. The van der Waals surface area contributed by atoms with Crippen molar-refractivity contribution in [1.82, 2.24) is 20.1 Å². The third-order valence-corrected chi connectivity index (χ3v) is 5.99. The van der Waals surface area contributed by atoms with Crippen molar-refractivity contribution in [2.24, 2.45) is 0 Å². The number of rotatable bonds is 10. The molecule has 0 aliphatic carbocycles. The van der Waals surface area contributed by atoms with Crippen molar-refractivity contribution in [3.63, 3.8) is 0 Å². The minimum Gasteiger partial charge on any atom is -0.497 e. The Morgan fingerprint density at radius 2 is 1.89 bits per heavy atom. The number of thioether (sulfide) groups is 1. The van der Waals surface area contributed by atoms with Crippen LogP contribution in [0, 0.1) is 0 Å². The number of aliphatic hydroxyl groups excluding tert-OH is 1. The molecular weight excluding hydrogens is 499 g/mol. The third kappa shape index (κ3) is 6.76. The number of benzene rings is 2. The van der Waals surface area contributed by atoms with Crippen molar-refractivity contribution in [2.75, 3.05) is 24.8 Å². The number of anilines is 1. The topological polar surface area (TPSA) is 118 Å². The smallest absolute Gasteiger partial charge is 0.416 e. The van der Waals surface area contributed by atoms with E-state index in [0.29, 0.717) is 28.8 Å². The normalized spacial score (nSPS) is 12.2. The highest BCUT2D eigenvalue weighted by Gasteiger charge is 2.30. The summed E-state index contributed by atoms with van der Waals surface area (Å²) in [7, 11) is 1.51. The number of hydrogen-bond donors (Lipinski definition) is 3. The predicted octanol–water partition coefficient (Wildman–Crippen LogP) is 3.52. The molecule has 0 aliphatic heterocycles. The van der Waals surface area contributed by atoms with Crippen LogP contribution >= 0.6 is 11.8 Å². The molecule has 9 nitrogen and oxygen atoms in total. The zero-order chi connectivity index (χ0) is 26.3. The SMILES string of the molecule is CCn1c(SCC(=O)Nc2cccc(C(F)(F)F)c2)nnc1[C@@H](CO)NC(=O)c1ccc(OC)cc1. The molecule has 0 radical (unpaired) electrons. The first-order valence-corrected chi connectivity index (χ1v) is 11.7. The van der Waals surface area contributed by atoms with E-state index in [0.717, 1.165) is 23.9 Å². The summed E-state index contributed by atoms with van der Waals surface area (Å²) in [6.45, 7) is 1.74. The zero-order valence-corrected chi connectivity index (χ0v) is 20.2. The molecule has 192 valence electrons. The van der Waals surface area contributed by atoms with Gasteiger partial charge in [0.25, 0.3) is 5.91 Å². The van der Waals surface area contributed by atoms with Crippen LogP contribution in [0.5, 0.6) is 5.75 Å². The highest BCUT2D eigenvalue weighted by Crippen LogP contribution is 2.30. The number of carbonyl (C=O) groups is 2. The van der Waals surface area contributed by atoms with Gasteiger partial charge < -0.3 is 25.0 Å². The van der Waals surface area contributed by atoms with Crippen molar-refractivity contribution in [3.8, 4) is 5.75 Å². The van der Waals surface area contributed by atoms with Crippen molar-refractivity contribution >= 4 is 29.3 Å². The molecule has 0 bridgehead atoms. The van der Waals surface area contributed by atoms with Crippen LogP contribution in [-0.4, -0.2) is 51.2 Å². The molecule has 0 fully saturated rings. The lowest BCUT2D eigenvalue weighted by Crippen LogP contribution is -2.32. The van der Waals surface area contributed by atoms with Crippen LogP contribution in [0.15, 0.2) is 53.7 Å². The summed E-state index contributed by atoms with van der Waals surface area (Å²) in [6, 6.07) is 9.91. The molecule has 2 aromatic carbocycles. The molecule has 0 aliphatic rings. The Bertz CT molecular complexity index is 1200.